The molecule has 0 atom stereocenters. The van der Waals surface area contributed by atoms with Gasteiger partial charge >= 0.3 is 0 Å². The van der Waals surface area contributed by atoms with E-state index in [9.17, 15) is 0 Å². The lowest BCUT2D eigenvalue weighted by atomic mass is 9.81. The largest absolute Gasteiger partial charge is 0.309 e. The topological polar surface area (TPSA) is 9.86 Å². The third-order valence-electron chi connectivity index (χ3n) is 11.9. The standard InChI is InChI=1S/C54H34N2/c1-2-14-35(15-3-1)36-26-28-37(29-27-36)55-51-24-12-10-22-46(51)49-34-54-50(33-53(49)55)47-23-11-13-25-52(47)56(54)38-30-31-45-43-20-7-6-18-41(43)39-16-4-5-17-40(39)42-19-8-9-21-44(42)48(45)32-38/h1-34H. The quantitative estimate of drug-likeness (QED) is 0.173. The summed E-state index contributed by atoms with van der Waals surface area (Å²) in [5.41, 5.74) is 19.6. The van der Waals surface area contributed by atoms with E-state index in [0.717, 1.165) is 11.4 Å². The lowest BCUT2D eigenvalue weighted by molar-refractivity contribution is 1.17. The van der Waals surface area contributed by atoms with Gasteiger partial charge in [-0.3, -0.25) is 0 Å². The summed E-state index contributed by atoms with van der Waals surface area (Å²) in [7, 11) is 0. The van der Waals surface area contributed by atoms with Gasteiger partial charge in [0.25, 0.3) is 0 Å². The van der Waals surface area contributed by atoms with Gasteiger partial charge in [-0.1, -0.05) is 158 Å². The SMILES string of the molecule is c1ccc(-c2ccc(-n3c4ccccc4c4cc5c(cc43)c3ccccc3n5-c3ccc4c(c3)-c3ccccc3-c3ccccc3-c3ccccc3-4)cc2)cc1. The van der Waals surface area contributed by atoms with Gasteiger partial charge in [-0.25, -0.2) is 0 Å². The second kappa shape index (κ2) is 12.0. The highest BCUT2D eigenvalue weighted by Crippen LogP contribution is 2.49. The number of rotatable bonds is 3. The Kier molecular flexibility index (Phi) is 6.66. The monoisotopic (exact) mass is 710 g/mol. The van der Waals surface area contributed by atoms with E-state index in [4.69, 9.17) is 0 Å². The number of fused-ring (bicyclic) bond motifs is 14. The maximum Gasteiger partial charge on any atom is 0.0548 e. The van der Waals surface area contributed by atoms with Crippen LogP contribution in [-0.2, 0) is 0 Å². The minimum Gasteiger partial charge on any atom is -0.309 e. The first-order valence-electron chi connectivity index (χ1n) is 19.4. The third kappa shape index (κ3) is 4.50. The Labute approximate surface area is 324 Å². The summed E-state index contributed by atoms with van der Waals surface area (Å²) in [6.45, 7) is 0. The van der Waals surface area contributed by atoms with E-state index in [-0.39, 0.29) is 0 Å². The zero-order chi connectivity index (χ0) is 36.7. The van der Waals surface area contributed by atoms with Crippen molar-refractivity contribution in [3.8, 4) is 67.0 Å². The summed E-state index contributed by atoms with van der Waals surface area (Å²) in [4.78, 5) is 0. The molecule has 0 radical (unpaired) electrons. The molecule has 11 aromatic rings. The van der Waals surface area contributed by atoms with E-state index < -0.39 is 0 Å². The fourth-order valence-corrected chi connectivity index (χ4v) is 9.41. The van der Waals surface area contributed by atoms with E-state index in [0.29, 0.717) is 0 Å². The van der Waals surface area contributed by atoms with Gasteiger partial charge in [0.15, 0.2) is 0 Å². The Hall–Kier alpha value is -7.42. The molecular formula is C54H34N2. The summed E-state index contributed by atoms with van der Waals surface area (Å²) in [5, 5.41) is 4.97. The summed E-state index contributed by atoms with van der Waals surface area (Å²) < 4.78 is 4.91. The molecule has 0 aliphatic heterocycles. The molecule has 0 amide bonds. The molecular weight excluding hydrogens is 677 g/mol. The van der Waals surface area contributed by atoms with Crippen molar-refractivity contribution in [2.45, 2.75) is 0 Å². The van der Waals surface area contributed by atoms with Gasteiger partial charge < -0.3 is 9.13 Å². The van der Waals surface area contributed by atoms with Crippen LogP contribution in [0.3, 0.4) is 0 Å². The summed E-state index contributed by atoms with van der Waals surface area (Å²) in [5.74, 6) is 0. The van der Waals surface area contributed by atoms with Crippen LogP contribution in [0.5, 0.6) is 0 Å². The first-order valence-corrected chi connectivity index (χ1v) is 19.4. The van der Waals surface area contributed by atoms with Gasteiger partial charge in [0.2, 0.25) is 0 Å². The van der Waals surface area contributed by atoms with Gasteiger partial charge in [0, 0.05) is 32.9 Å². The summed E-state index contributed by atoms with van der Waals surface area (Å²) in [6, 6.07) is 75.9. The number of hydrogen-bond donors (Lipinski definition) is 0. The Morgan fingerprint density at radius 3 is 1.11 bits per heavy atom. The molecule has 260 valence electrons. The lowest BCUT2D eigenvalue weighted by Crippen LogP contribution is -2.00. The molecule has 2 heteroatoms. The van der Waals surface area contributed by atoms with Gasteiger partial charge in [-0.15, -0.1) is 0 Å². The van der Waals surface area contributed by atoms with Crippen LogP contribution in [0, 0.1) is 0 Å². The highest BCUT2D eigenvalue weighted by atomic mass is 15.0. The molecule has 12 rings (SSSR count). The number of hydrogen-bond acceptors (Lipinski definition) is 0. The van der Waals surface area contributed by atoms with Crippen LogP contribution < -0.4 is 0 Å². The second-order valence-electron chi connectivity index (χ2n) is 14.9. The number of benzene rings is 9. The maximum absolute atomic E-state index is 2.48. The van der Waals surface area contributed by atoms with Crippen molar-refractivity contribution in [1.29, 1.82) is 0 Å². The predicted octanol–water partition coefficient (Wildman–Crippen LogP) is 14.5. The van der Waals surface area contributed by atoms with E-state index in [1.165, 1.54) is 99.2 Å². The normalized spacial score (nSPS) is 11.9. The first-order chi connectivity index (χ1) is 27.8. The molecule has 0 unspecified atom stereocenters. The van der Waals surface area contributed by atoms with Crippen molar-refractivity contribution < 1.29 is 0 Å². The number of nitrogens with zero attached hydrogens (tertiary/aromatic N) is 2. The molecule has 0 fully saturated rings. The van der Waals surface area contributed by atoms with Crippen molar-refractivity contribution in [3.05, 3.63) is 206 Å². The molecule has 0 saturated heterocycles. The van der Waals surface area contributed by atoms with Crippen LogP contribution in [0.4, 0.5) is 0 Å². The van der Waals surface area contributed by atoms with Crippen molar-refractivity contribution in [2.75, 3.05) is 0 Å². The fourth-order valence-electron chi connectivity index (χ4n) is 9.41. The van der Waals surface area contributed by atoms with Crippen LogP contribution in [0.2, 0.25) is 0 Å². The minimum atomic E-state index is 1.15. The summed E-state index contributed by atoms with van der Waals surface area (Å²) >= 11 is 0. The first kappa shape index (κ1) is 31.0. The van der Waals surface area contributed by atoms with Crippen LogP contribution in [0.15, 0.2) is 206 Å². The number of aromatic nitrogens is 2. The maximum atomic E-state index is 2.48. The van der Waals surface area contributed by atoms with Gasteiger partial charge in [-0.2, -0.15) is 0 Å². The summed E-state index contributed by atoms with van der Waals surface area (Å²) in [6.07, 6.45) is 0. The van der Waals surface area contributed by atoms with Crippen LogP contribution in [0.1, 0.15) is 0 Å². The van der Waals surface area contributed by atoms with Crippen molar-refractivity contribution in [2.24, 2.45) is 0 Å². The van der Waals surface area contributed by atoms with Crippen LogP contribution in [0.25, 0.3) is 111 Å². The van der Waals surface area contributed by atoms with Crippen molar-refractivity contribution >= 4 is 43.6 Å². The van der Waals surface area contributed by atoms with E-state index in [2.05, 4.69) is 215 Å². The number of para-hydroxylation sites is 2. The molecule has 2 heterocycles. The van der Waals surface area contributed by atoms with Gasteiger partial charge in [0.1, 0.15) is 0 Å². The molecule has 0 spiro atoms. The molecule has 2 nitrogen and oxygen atoms in total. The average molecular weight is 711 g/mol. The average Bonchev–Trinajstić information content (AvgIpc) is 3.77. The van der Waals surface area contributed by atoms with E-state index in [1.54, 1.807) is 0 Å². The zero-order valence-corrected chi connectivity index (χ0v) is 30.5. The fraction of sp³-hybridized carbons (Fsp3) is 0. The molecule has 2 aromatic heterocycles. The molecule has 9 aromatic carbocycles. The van der Waals surface area contributed by atoms with Crippen LogP contribution in [-0.4, -0.2) is 9.13 Å². The smallest absolute Gasteiger partial charge is 0.0548 e. The Bertz CT molecular complexity index is 3340. The highest BCUT2D eigenvalue weighted by molar-refractivity contribution is 6.19. The predicted molar refractivity (Wildman–Crippen MR) is 236 cm³/mol. The zero-order valence-electron chi connectivity index (χ0n) is 30.5. The molecule has 0 N–H and O–H groups in total. The van der Waals surface area contributed by atoms with Gasteiger partial charge in [-0.05, 0) is 104 Å². The Morgan fingerprint density at radius 2 is 0.589 bits per heavy atom. The highest BCUT2D eigenvalue weighted by Gasteiger charge is 2.23. The van der Waals surface area contributed by atoms with Crippen LogP contribution >= 0.6 is 0 Å². The second-order valence-corrected chi connectivity index (χ2v) is 14.9. The Balaban J connectivity index is 1.12. The molecule has 0 bridgehead atoms. The van der Waals surface area contributed by atoms with Crippen molar-refractivity contribution in [3.63, 3.8) is 0 Å². The van der Waals surface area contributed by atoms with Crippen molar-refractivity contribution in [1.82, 2.24) is 9.13 Å². The molecule has 1 aliphatic carbocycles. The van der Waals surface area contributed by atoms with Gasteiger partial charge in [0.05, 0.1) is 22.1 Å². The lowest BCUT2D eigenvalue weighted by Gasteiger charge is -2.24. The molecule has 0 saturated carbocycles. The van der Waals surface area contributed by atoms with E-state index in [1.807, 2.05) is 0 Å². The Morgan fingerprint density at radius 1 is 0.214 bits per heavy atom. The third-order valence-corrected chi connectivity index (χ3v) is 11.9. The van der Waals surface area contributed by atoms with E-state index >= 15 is 0 Å². The minimum absolute atomic E-state index is 1.15. The molecule has 1 aliphatic rings. The molecule has 56 heavy (non-hydrogen) atoms.